The van der Waals surface area contributed by atoms with Gasteiger partial charge in [-0.05, 0) is 20.8 Å². The van der Waals surface area contributed by atoms with Crippen molar-refractivity contribution in [1.82, 2.24) is 0 Å². The van der Waals surface area contributed by atoms with Crippen LogP contribution >= 0.6 is 0 Å². The fourth-order valence-electron chi connectivity index (χ4n) is 0. The van der Waals surface area contributed by atoms with Gasteiger partial charge in [-0.2, -0.15) is 0 Å². The van der Waals surface area contributed by atoms with Gasteiger partial charge >= 0.3 is 0 Å². The Morgan fingerprint density at radius 3 is 1.20 bits per heavy atom. The summed E-state index contributed by atoms with van der Waals surface area (Å²) in [6.07, 6.45) is 0.750. The largest absolute Gasteiger partial charge is 0.516 e. The van der Waals surface area contributed by atoms with Crippen molar-refractivity contribution in [2.45, 2.75) is 41.2 Å². The van der Waals surface area contributed by atoms with E-state index in [1.54, 1.807) is 20.8 Å². The minimum absolute atomic E-state index is 0. The van der Waals surface area contributed by atoms with Crippen molar-refractivity contribution >= 4 is 0 Å². The van der Waals surface area contributed by atoms with E-state index in [1.807, 2.05) is 0 Å². The molecule has 2 nitrogen and oxygen atoms in total. The molecule has 66 valence electrons. The van der Waals surface area contributed by atoms with Gasteiger partial charge in [-0.25, -0.2) is 0 Å². The van der Waals surface area contributed by atoms with Crippen LogP contribution in [-0.4, -0.2) is 15.8 Å². The van der Waals surface area contributed by atoms with Gasteiger partial charge < -0.3 is 10.2 Å². The van der Waals surface area contributed by atoms with Crippen molar-refractivity contribution in [1.29, 1.82) is 0 Å². The second kappa shape index (κ2) is 11.3. The van der Waals surface area contributed by atoms with Crippen LogP contribution < -0.4 is 0 Å². The Morgan fingerprint density at radius 1 is 1.20 bits per heavy atom. The predicted octanol–water partition coefficient (Wildman–Crippen LogP) is 2.74. The van der Waals surface area contributed by atoms with Crippen LogP contribution in [0.2, 0.25) is 0 Å². The molecule has 10 heavy (non-hydrogen) atoms. The highest BCUT2D eigenvalue weighted by molar-refractivity contribution is 4.50. The van der Waals surface area contributed by atoms with Gasteiger partial charge in [-0.3, -0.25) is 0 Å². The summed E-state index contributed by atoms with van der Waals surface area (Å²) in [6, 6.07) is 0. The lowest BCUT2D eigenvalue weighted by Gasteiger charge is -2.04. The Balaban J connectivity index is -0.0000000326. The second-order valence-corrected chi connectivity index (χ2v) is 2.35. The van der Waals surface area contributed by atoms with E-state index < -0.39 is 5.60 Å². The maximum atomic E-state index is 8.52. The van der Waals surface area contributed by atoms with Crippen molar-refractivity contribution in [2.75, 3.05) is 0 Å². The molecule has 0 aliphatic heterocycles. The smallest absolute Gasteiger partial charge is 0.0719 e. The number of rotatable bonds is 0. The third-order valence-corrected chi connectivity index (χ3v) is 0. The summed E-state index contributed by atoms with van der Waals surface area (Å²) >= 11 is 0. The van der Waals surface area contributed by atoms with Gasteiger partial charge in [0.05, 0.1) is 11.9 Å². The summed E-state index contributed by atoms with van der Waals surface area (Å²) in [4.78, 5) is 0. The van der Waals surface area contributed by atoms with E-state index in [-0.39, 0.29) is 14.9 Å². The van der Waals surface area contributed by atoms with Crippen molar-refractivity contribution in [3.8, 4) is 0 Å². The third kappa shape index (κ3) is 1270. The van der Waals surface area contributed by atoms with Crippen molar-refractivity contribution in [3.05, 3.63) is 12.8 Å². The first-order chi connectivity index (χ1) is 3.41. The molecule has 0 aliphatic rings. The van der Waals surface area contributed by atoms with Gasteiger partial charge in [-0.1, -0.05) is 21.4 Å². The van der Waals surface area contributed by atoms with Crippen LogP contribution in [0.3, 0.4) is 0 Å². The number of hydrogen-bond acceptors (Lipinski definition) is 2. The van der Waals surface area contributed by atoms with E-state index in [0.29, 0.717) is 0 Å². The minimum atomic E-state index is -0.500. The van der Waals surface area contributed by atoms with Gasteiger partial charge in [0.1, 0.15) is 0 Å². The summed E-state index contributed by atoms with van der Waals surface area (Å²) in [6.45, 7) is 8.15. The average Bonchev–Trinajstić information content (AvgIpc) is 1.27. The van der Waals surface area contributed by atoms with Gasteiger partial charge in [-0.15, -0.1) is 0 Å². The highest BCUT2D eigenvalue weighted by Gasteiger charge is 1.97. The van der Waals surface area contributed by atoms with Crippen LogP contribution in [0.1, 0.15) is 35.6 Å². The molecule has 0 atom stereocenters. The molecule has 0 aliphatic carbocycles. The summed E-state index contributed by atoms with van der Waals surface area (Å²) in [5.41, 5.74) is -0.500. The lowest BCUT2D eigenvalue weighted by atomic mass is 10.2. The molecule has 0 unspecified atom stereocenters. The van der Waals surface area contributed by atoms with Gasteiger partial charge in [0.15, 0.2) is 0 Å². The minimum Gasteiger partial charge on any atom is -0.516 e. The Bertz CT molecular complexity index is 46.8. The molecule has 0 saturated heterocycles. The van der Waals surface area contributed by atoms with E-state index in [9.17, 15) is 0 Å². The van der Waals surface area contributed by atoms with Crippen LogP contribution in [0.15, 0.2) is 12.8 Å². The maximum absolute atomic E-state index is 8.52. The maximum Gasteiger partial charge on any atom is 0.0719 e. The summed E-state index contributed by atoms with van der Waals surface area (Å²) in [5, 5.41) is 15.9. The van der Waals surface area contributed by atoms with E-state index >= 15 is 0 Å². The molecule has 2 N–H and O–H groups in total. The summed E-state index contributed by atoms with van der Waals surface area (Å²) < 4.78 is 0. The van der Waals surface area contributed by atoms with Gasteiger partial charge in [0, 0.05) is 0 Å². The molecule has 0 bridgehead atoms. The standard InChI is InChI=1S/C4H10O.C2H4O.2CH4/c1-4(2,3)5;1-2-3;;/h5H,1-3H3;2-3H,1H2;2*1H4. The van der Waals surface area contributed by atoms with E-state index in [4.69, 9.17) is 10.2 Å². The molecule has 0 aromatic heterocycles. The Hall–Kier alpha value is -0.500. The van der Waals surface area contributed by atoms with Crippen molar-refractivity contribution in [3.63, 3.8) is 0 Å². The molecule has 0 radical (unpaired) electrons. The molecule has 0 aromatic rings. The zero-order valence-corrected chi connectivity index (χ0v) is 5.68. The molecule has 0 saturated carbocycles. The predicted molar refractivity (Wildman–Crippen MR) is 48.3 cm³/mol. The Labute approximate surface area is 65.2 Å². The Morgan fingerprint density at radius 2 is 1.20 bits per heavy atom. The molecule has 0 spiro atoms. The van der Waals surface area contributed by atoms with E-state index in [1.165, 1.54) is 0 Å². The first kappa shape index (κ1) is 22.7. The SMILES string of the molecule is C.C.C=CO.CC(C)(C)O. The first-order valence-electron chi connectivity index (χ1n) is 2.39. The molecular formula is C8H22O2. The third-order valence-electron chi connectivity index (χ3n) is 0. The highest BCUT2D eigenvalue weighted by atomic mass is 16.3. The van der Waals surface area contributed by atoms with Crippen molar-refractivity contribution in [2.24, 2.45) is 0 Å². The van der Waals surface area contributed by atoms with Crippen LogP contribution in [0.5, 0.6) is 0 Å². The number of aliphatic hydroxyl groups is 2. The summed E-state index contributed by atoms with van der Waals surface area (Å²) in [7, 11) is 0. The zero-order valence-electron chi connectivity index (χ0n) is 5.68. The van der Waals surface area contributed by atoms with Gasteiger partial charge in [0.25, 0.3) is 0 Å². The number of hydrogen-bond donors (Lipinski definition) is 2. The number of aliphatic hydroxyl groups excluding tert-OH is 1. The molecule has 0 aromatic carbocycles. The fraction of sp³-hybridized carbons (Fsp3) is 0.750. The van der Waals surface area contributed by atoms with E-state index in [0.717, 1.165) is 6.26 Å². The molecular weight excluding hydrogens is 128 g/mol. The van der Waals surface area contributed by atoms with Crippen LogP contribution in [0.25, 0.3) is 0 Å². The average molecular weight is 150 g/mol. The fourth-order valence-corrected chi connectivity index (χ4v) is 0. The molecule has 0 rings (SSSR count). The topological polar surface area (TPSA) is 40.5 Å². The van der Waals surface area contributed by atoms with Gasteiger partial charge in [0.2, 0.25) is 0 Å². The second-order valence-electron chi connectivity index (χ2n) is 2.35. The Kier molecular flexibility index (Phi) is 25.7. The van der Waals surface area contributed by atoms with Crippen LogP contribution in [-0.2, 0) is 0 Å². The first-order valence-corrected chi connectivity index (χ1v) is 2.39. The lowest BCUT2D eigenvalue weighted by Crippen LogP contribution is -2.10. The highest BCUT2D eigenvalue weighted by Crippen LogP contribution is 1.93. The monoisotopic (exact) mass is 150 g/mol. The molecule has 0 heterocycles. The summed E-state index contributed by atoms with van der Waals surface area (Å²) in [5.74, 6) is 0. The molecule has 0 fully saturated rings. The van der Waals surface area contributed by atoms with Crippen LogP contribution in [0.4, 0.5) is 0 Å². The zero-order chi connectivity index (χ0) is 7.21. The molecule has 0 amide bonds. The van der Waals surface area contributed by atoms with Crippen molar-refractivity contribution < 1.29 is 10.2 Å². The molecule has 2 heteroatoms. The lowest BCUT2D eigenvalue weighted by molar-refractivity contribution is 0.102. The quantitative estimate of drug-likeness (QED) is 0.521. The van der Waals surface area contributed by atoms with E-state index in [2.05, 4.69) is 6.58 Å². The van der Waals surface area contributed by atoms with Crippen LogP contribution in [0, 0.1) is 0 Å². The normalized spacial score (nSPS) is 7.20.